The van der Waals surface area contributed by atoms with Gasteiger partial charge in [-0.05, 0) is 44.2 Å². The monoisotopic (exact) mass is 488 g/mol. The fourth-order valence-electron chi connectivity index (χ4n) is 3.23. The van der Waals surface area contributed by atoms with Crippen molar-refractivity contribution in [2.75, 3.05) is 5.32 Å². The van der Waals surface area contributed by atoms with Gasteiger partial charge in [0, 0.05) is 16.9 Å². The van der Waals surface area contributed by atoms with E-state index in [9.17, 15) is 9.18 Å². The first-order valence-corrected chi connectivity index (χ1v) is 11.9. The summed E-state index contributed by atoms with van der Waals surface area (Å²) in [5, 5.41) is 16.1. The summed E-state index contributed by atoms with van der Waals surface area (Å²) in [6.45, 7) is 4.26. The van der Waals surface area contributed by atoms with E-state index >= 15 is 0 Å². The zero-order valence-corrected chi connectivity index (χ0v) is 20.2. The molecule has 0 aliphatic heterocycles. The molecule has 1 aromatic heterocycles. The van der Waals surface area contributed by atoms with E-state index in [0.29, 0.717) is 23.1 Å². The van der Waals surface area contributed by atoms with Crippen LogP contribution in [0.5, 0.6) is 0 Å². The fraction of sp³-hybridized carbons (Fsp3) is 0.154. The molecule has 2 N–H and O–H groups in total. The number of para-hydroxylation sites is 1. The van der Waals surface area contributed by atoms with Crippen molar-refractivity contribution in [3.63, 3.8) is 0 Å². The molecule has 0 radical (unpaired) electrons. The number of hydrogen-bond donors (Lipinski definition) is 2. The summed E-state index contributed by atoms with van der Waals surface area (Å²) in [6.07, 6.45) is 1.28. The summed E-state index contributed by atoms with van der Waals surface area (Å²) in [5.74, 6) is -0.0235. The average molecular weight is 489 g/mol. The number of aryl methyl sites for hydroxylation is 1. The highest BCUT2D eigenvalue weighted by Gasteiger charge is 2.21. The number of aromatic nitrogens is 3. The van der Waals surface area contributed by atoms with E-state index in [1.165, 1.54) is 29.6 Å². The van der Waals surface area contributed by atoms with Gasteiger partial charge in [-0.1, -0.05) is 65.9 Å². The summed E-state index contributed by atoms with van der Waals surface area (Å²) >= 11 is 1.27. The molecule has 0 fully saturated rings. The van der Waals surface area contributed by atoms with Crippen LogP contribution < -0.4 is 10.7 Å². The Bertz CT molecular complexity index is 1310. The van der Waals surface area contributed by atoms with Gasteiger partial charge in [0.1, 0.15) is 5.82 Å². The summed E-state index contributed by atoms with van der Waals surface area (Å²) in [6, 6.07) is 24.1. The molecule has 1 amide bonds. The summed E-state index contributed by atoms with van der Waals surface area (Å²) < 4.78 is 15.7. The van der Waals surface area contributed by atoms with Crippen LogP contribution in [-0.4, -0.2) is 32.1 Å². The maximum absolute atomic E-state index is 13.7. The quantitative estimate of drug-likeness (QED) is 0.198. The summed E-state index contributed by atoms with van der Waals surface area (Å²) in [5.41, 5.74) is 5.82. The molecule has 1 atom stereocenters. The number of anilines is 1. The lowest BCUT2D eigenvalue weighted by Crippen LogP contribution is -2.27. The lowest BCUT2D eigenvalue weighted by atomic mass is 10.2. The Morgan fingerprint density at radius 1 is 1.06 bits per heavy atom. The van der Waals surface area contributed by atoms with Crippen molar-refractivity contribution in [3.8, 4) is 5.69 Å². The Balaban J connectivity index is 1.47. The first kappa shape index (κ1) is 24.2. The minimum atomic E-state index is -0.516. The number of carbonyl (C=O) groups excluding carboxylic acids is 1. The Hall–Kier alpha value is -3.98. The Morgan fingerprint density at radius 2 is 1.77 bits per heavy atom. The maximum Gasteiger partial charge on any atom is 0.253 e. The molecule has 1 unspecified atom stereocenters. The van der Waals surface area contributed by atoms with Crippen molar-refractivity contribution in [3.05, 3.63) is 102 Å². The molecule has 1 heterocycles. The van der Waals surface area contributed by atoms with Gasteiger partial charge >= 0.3 is 0 Å². The first-order chi connectivity index (χ1) is 17.0. The third-order valence-electron chi connectivity index (χ3n) is 5.15. The lowest BCUT2D eigenvalue weighted by Gasteiger charge is -2.13. The van der Waals surface area contributed by atoms with E-state index in [4.69, 9.17) is 0 Å². The fourth-order valence-corrected chi connectivity index (χ4v) is 4.11. The molecular formula is C26H25FN6OS. The number of hydrogen-bond acceptors (Lipinski definition) is 6. The van der Waals surface area contributed by atoms with Crippen LogP contribution in [0, 0.1) is 12.7 Å². The third-order valence-corrected chi connectivity index (χ3v) is 6.19. The van der Waals surface area contributed by atoms with Crippen LogP contribution in [0.1, 0.15) is 23.9 Å². The van der Waals surface area contributed by atoms with E-state index in [0.717, 1.165) is 11.4 Å². The van der Waals surface area contributed by atoms with Gasteiger partial charge in [-0.25, -0.2) is 9.82 Å². The molecule has 0 aliphatic rings. The molecule has 35 heavy (non-hydrogen) atoms. The van der Waals surface area contributed by atoms with Crippen LogP contribution in [0.3, 0.4) is 0 Å². The van der Waals surface area contributed by atoms with Crippen molar-refractivity contribution in [1.82, 2.24) is 20.2 Å². The number of thioether (sulfide) groups is 1. The highest BCUT2D eigenvalue weighted by molar-refractivity contribution is 8.00. The van der Waals surface area contributed by atoms with Gasteiger partial charge in [-0.3, -0.25) is 9.36 Å². The predicted molar refractivity (Wildman–Crippen MR) is 137 cm³/mol. The summed E-state index contributed by atoms with van der Waals surface area (Å²) in [4.78, 5) is 12.6. The van der Waals surface area contributed by atoms with Crippen LogP contribution in [0.2, 0.25) is 0 Å². The van der Waals surface area contributed by atoms with E-state index in [2.05, 4.69) is 26.0 Å². The molecule has 0 saturated carbocycles. The molecule has 0 spiro atoms. The molecule has 0 aliphatic carbocycles. The summed E-state index contributed by atoms with van der Waals surface area (Å²) in [7, 11) is 0. The van der Waals surface area contributed by atoms with Gasteiger partial charge in [0.15, 0.2) is 11.0 Å². The second-order valence-electron chi connectivity index (χ2n) is 7.81. The molecule has 0 saturated heterocycles. The zero-order chi connectivity index (χ0) is 24.6. The minimum absolute atomic E-state index is 0.294. The lowest BCUT2D eigenvalue weighted by molar-refractivity contribution is -0.120. The van der Waals surface area contributed by atoms with Crippen molar-refractivity contribution in [1.29, 1.82) is 0 Å². The number of amides is 1. The van der Waals surface area contributed by atoms with E-state index in [1.54, 1.807) is 25.1 Å². The molecule has 178 valence electrons. The predicted octanol–water partition coefficient (Wildman–Crippen LogP) is 4.96. The number of carbonyl (C=O) groups is 1. The zero-order valence-electron chi connectivity index (χ0n) is 19.4. The van der Waals surface area contributed by atoms with E-state index in [-0.39, 0.29) is 5.91 Å². The van der Waals surface area contributed by atoms with Gasteiger partial charge in [0.05, 0.1) is 18.0 Å². The molecule has 9 heteroatoms. The van der Waals surface area contributed by atoms with Gasteiger partial charge < -0.3 is 5.32 Å². The number of benzene rings is 3. The number of hydrazone groups is 1. The average Bonchev–Trinajstić information content (AvgIpc) is 3.27. The van der Waals surface area contributed by atoms with E-state index < -0.39 is 11.1 Å². The molecule has 7 nitrogen and oxygen atoms in total. The number of rotatable bonds is 9. The van der Waals surface area contributed by atoms with Crippen LogP contribution >= 0.6 is 11.8 Å². The Labute approximate surface area is 207 Å². The molecular weight excluding hydrogens is 463 g/mol. The van der Waals surface area contributed by atoms with Crippen molar-refractivity contribution < 1.29 is 9.18 Å². The van der Waals surface area contributed by atoms with Gasteiger partial charge in [-0.15, -0.1) is 10.2 Å². The van der Waals surface area contributed by atoms with Crippen molar-refractivity contribution in [2.24, 2.45) is 5.10 Å². The van der Waals surface area contributed by atoms with Crippen LogP contribution in [0.25, 0.3) is 5.69 Å². The second kappa shape index (κ2) is 11.4. The number of nitrogens with zero attached hydrogens (tertiary/aromatic N) is 4. The standard InChI is InChI=1S/C26H25FN6OS/c1-18-12-14-21(15-13-18)28-17-24-30-32-26(33(24)22-9-4-3-5-10-22)35-19(2)25(34)31-29-16-20-8-6-7-11-23(20)27/h3-16,19,28H,17H2,1-2H3,(H,31,34)/b29-16+. The highest BCUT2D eigenvalue weighted by atomic mass is 32.2. The van der Waals surface area contributed by atoms with Crippen LogP contribution in [0.4, 0.5) is 10.1 Å². The highest BCUT2D eigenvalue weighted by Crippen LogP contribution is 2.26. The maximum atomic E-state index is 13.7. The molecule has 4 aromatic rings. The normalized spacial score (nSPS) is 12.0. The first-order valence-electron chi connectivity index (χ1n) is 11.1. The molecule has 4 rings (SSSR count). The van der Waals surface area contributed by atoms with Crippen LogP contribution in [-0.2, 0) is 11.3 Å². The van der Waals surface area contributed by atoms with E-state index in [1.807, 2.05) is 66.1 Å². The largest absolute Gasteiger partial charge is 0.378 e. The number of nitrogens with one attached hydrogen (secondary N) is 2. The Morgan fingerprint density at radius 3 is 2.51 bits per heavy atom. The number of halogens is 1. The SMILES string of the molecule is Cc1ccc(NCc2nnc(SC(C)C(=O)N/N=C/c3ccccc3F)n2-c2ccccc2)cc1. The smallest absolute Gasteiger partial charge is 0.253 e. The van der Waals surface area contributed by atoms with Crippen molar-refractivity contribution in [2.45, 2.75) is 30.8 Å². The topological polar surface area (TPSA) is 84.2 Å². The van der Waals surface area contributed by atoms with Crippen molar-refractivity contribution >= 4 is 29.6 Å². The minimum Gasteiger partial charge on any atom is -0.378 e. The van der Waals surface area contributed by atoms with Gasteiger partial charge in [0.25, 0.3) is 5.91 Å². The van der Waals surface area contributed by atoms with Crippen LogP contribution in [0.15, 0.2) is 89.1 Å². The molecule has 0 bridgehead atoms. The van der Waals surface area contributed by atoms with Gasteiger partial charge in [0.2, 0.25) is 0 Å². The Kier molecular flexibility index (Phi) is 7.89. The molecule has 3 aromatic carbocycles. The second-order valence-corrected chi connectivity index (χ2v) is 9.11. The van der Waals surface area contributed by atoms with Gasteiger partial charge in [-0.2, -0.15) is 5.10 Å². The third kappa shape index (κ3) is 6.33.